The number of ether oxygens (including phenoxy) is 1. The minimum Gasteiger partial charge on any atom is -0.489 e. The van der Waals surface area contributed by atoms with Crippen LogP contribution in [0.4, 0.5) is 5.69 Å². The van der Waals surface area contributed by atoms with Crippen molar-refractivity contribution in [3.63, 3.8) is 0 Å². The van der Waals surface area contributed by atoms with Gasteiger partial charge in [0, 0.05) is 19.5 Å². The summed E-state index contributed by atoms with van der Waals surface area (Å²) in [6, 6.07) is 16.8. The zero-order valence-corrected chi connectivity index (χ0v) is 19.4. The summed E-state index contributed by atoms with van der Waals surface area (Å²) in [5.41, 5.74) is 2.91. The molecular weight excluding hydrogens is 424 g/mol. The molecule has 0 aliphatic heterocycles. The SMILES string of the molecule is CS(=O)(=O)N(CCCC(=O)NCC1=CCCCC1)c1ccc(OCc2ccccc2)cc1. The van der Waals surface area contributed by atoms with Crippen molar-refractivity contribution in [3.05, 3.63) is 71.8 Å². The molecule has 1 aliphatic rings. The summed E-state index contributed by atoms with van der Waals surface area (Å²) < 4.78 is 31.8. The molecule has 0 spiro atoms. The molecule has 0 heterocycles. The maximum atomic E-state index is 12.3. The predicted octanol–water partition coefficient (Wildman–Crippen LogP) is 4.43. The largest absolute Gasteiger partial charge is 0.489 e. The van der Waals surface area contributed by atoms with Gasteiger partial charge < -0.3 is 10.1 Å². The molecule has 32 heavy (non-hydrogen) atoms. The number of carbonyl (C=O) groups excluding carboxylic acids is 1. The van der Waals surface area contributed by atoms with Crippen molar-refractivity contribution in [3.8, 4) is 5.75 Å². The van der Waals surface area contributed by atoms with Gasteiger partial charge in [0.05, 0.1) is 11.9 Å². The monoisotopic (exact) mass is 456 g/mol. The van der Waals surface area contributed by atoms with Crippen LogP contribution in [0.15, 0.2) is 66.2 Å². The molecule has 0 saturated carbocycles. The van der Waals surface area contributed by atoms with Gasteiger partial charge in [-0.3, -0.25) is 9.10 Å². The minimum absolute atomic E-state index is 0.0467. The van der Waals surface area contributed by atoms with E-state index in [0.29, 0.717) is 31.0 Å². The number of carbonyl (C=O) groups is 1. The predicted molar refractivity (Wildman–Crippen MR) is 128 cm³/mol. The Morgan fingerprint density at radius 2 is 1.81 bits per heavy atom. The lowest BCUT2D eigenvalue weighted by Crippen LogP contribution is -2.32. The van der Waals surface area contributed by atoms with Gasteiger partial charge >= 0.3 is 0 Å². The molecule has 0 bridgehead atoms. The summed E-state index contributed by atoms with van der Waals surface area (Å²) in [6.07, 6.45) is 8.67. The van der Waals surface area contributed by atoms with Crippen LogP contribution in [0.25, 0.3) is 0 Å². The van der Waals surface area contributed by atoms with E-state index in [9.17, 15) is 13.2 Å². The lowest BCUT2D eigenvalue weighted by molar-refractivity contribution is -0.120. The van der Waals surface area contributed by atoms with Crippen molar-refractivity contribution in [1.82, 2.24) is 5.32 Å². The smallest absolute Gasteiger partial charge is 0.232 e. The highest BCUT2D eigenvalue weighted by Crippen LogP contribution is 2.23. The van der Waals surface area contributed by atoms with Crippen LogP contribution in [-0.4, -0.2) is 33.7 Å². The molecule has 1 aliphatic carbocycles. The number of rotatable bonds is 11. The van der Waals surface area contributed by atoms with Crippen LogP contribution in [0.5, 0.6) is 5.75 Å². The third-order valence-electron chi connectivity index (χ3n) is 5.44. The first-order chi connectivity index (χ1) is 15.4. The second kappa shape index (κ2) is 11.7. The van der Waals surface area contributed by atoms with Gasteiger partial charge in [-0.05, 0) is 61.9 Å². The molecule has 2 aromatic rings. The Bertz CT molecular complexity index is 1000. The van der Waals surface area contributed by atoms with Crippen LogP contribution in [0, 0.1) is 0 Å². The normalized spacial score (nSPS) is 13.8. The Hall–Kier alpha value is -2.80. The van der Waals surface area contributed by atoms with Crippen LogP contribution in [0.3, 0.4) is 0 Å². The fourth-order valence-corrected chi connectivity index (χ4v) is 4.65. The average molecular weight is 457 g/mol. The van der Waals surface area contributed by atoms with Crippen molar-refractivity contribution < 1.29 is 17.9 Å². The maximum Gasteiger partial charge on any atom is 0.232 e. The standard InChI is InChI=1S/C25H32N2O4S/c1-32(29,30)27(18-8-13-25(28)26-19-21-9-4-2-5-10-21)23-14-16-24(17-15-23)31-20-22-11-6-3-7-12-22/h3,6-7,9,11-12,14-17H,2,4-5,8,10,13,18-20H2,1H3,(H,26,28). The first kappa shape index (κ1) is 23.9. The highest BCUT2D eigenvalue weighted by Gasteiger charge is 2.18. The number of sulfonamides is 1. The van der Waals surface area contributed by atoms with Crippen molar-refractivity contribution in [2.24, 2.45) is 0 Å². The highest BCUT2D eigenvalue weighted by atomic mass is 32.2. The minimum atomic E-state index is -3.46. The van der Waals surface area contributed by atoms with Crippen LogP contribution >= 0.6 is 0 Å². The Balaban J connectivity index is 1.50. The molecule has 0 aromatic heterocycles. The van der Waals surface area contributed by atoms with E-state index in [2.05, 4.69) is 11.4 Å². The number of anilines is 1. The van der Waals surface area contributed by atoms with E-state index >= 15 is 0 Å². The molecule has 0 atom stereocenters. The maximum absolute atomic E-state index is 12.3. The van der Waals surface area contributed by atoms with Crippen molar-refractivity contribution in [1.29, 1.82) is 0 Å². The first-order valence-corrected chi connectivity index (χ1v) is 13.0. The quantitative estimate of drug-likeness (QED) is 0.508. The lowest BCUT2D eigenvalue weighted by Gasteiger charge is -2.22. The van der Waals surface area contributed by atoms with Gasteiger partial charge in [-0.1, -0.05) is 42.0 Å². The number of hydrogen-bond donors (Lipinski definition) is 1. The molecule has 3 rings (SSSR count). The fourth-order valence-electron chi connectivity index (χ4n) is 3.68. The number of allylic oxidation sites excluding steroid dienone is 1. The molecule has 1 amide bonds. The number of benzene rings is 2. The molecule has 0 saturated heterocycles. The van der Waals surface area contributed by atoms with Gasteiger partial charge in [0.25, 0.3) is 0 Å². The molecule has 6 nitrogen and oxygen atoms in total. The molecular formula is C25H32N2O4S. The summed E-state index contributed by atoms with van der Waals surface area (Å²) >= 11 is 0. The van der Waals surface area contributed by atoms with Crippen molar-refractivity contribution >= 4 is 21.6 Å². The summed E-state index contributed by atoms with van der Waals surface area (Å²) in [7, 11) is -3.46. The third kappa shape index (κ3) is 7.71. The number of hydrogen-bond acceptors (Lipinski definition) is 4. The van der Waals surface area contributed by atoms with Crippen LogP contribution < -0.4 is 14.4 Å². The number of nitrogens with zero attached hydrogens (tertiary/aromatic N) is 1. The third-order valence-corrected chi connectivity index (χ3v) is 6.63. The molecule has 0 unspecified atom stereocenters. The lowest BCUT2D eigenvalue weighted by atomic mass is 10.00. The second-order valence-corrected chi connectivity index (χ2v) is 10.00. The number of nitrogens with one attached hydrogen (secondary N) is 1. The molecule has 7 heteroatoms. The van der Waals surface area contributed by atoms with E-state index in [0.717, 1.165) is 18.4 Å². The zero-order chi connectivity index (χ0) is 22.8. The first-order valence-electron chi connectivity index (χ1n) is 11.1. The molecule has 0 fully saturated rings. The van der Waals surface area contributed by atoms with E-state index in [-0.39, 0.29) is 18.9 Å². The highest BCUT2D eigenvalue weighted by molar-refractivity contribution is 7.92. The van der Waals surface area contributed by atoms with Crippen molar-refractivity contribution in [2.75, 3.05) is 23.7 Å². The summed E-state index contributed by atoms with van der Waals surface area (Å²) in [5.74, 6) is 0.622. The van der Waals surface area contributed by atoms with Crippen LogP contribution in [0.1, 0.15) is 44.1 Å². The summed E-state index contributed by atoms with van der Waals surface area (Å²) in [4.78, 5) is 12.2. The van der Waals surface area contributed by atoms with Gasteiger partial charge in [-0.25, -0.2) is 8.42 Å². The Labute approximate surface area is 191 Å². The van der Waals surface area contributed by atoms with E-state index in [1.807, 2.05) is 30.3 Å². The van der Waals surface area contributed by atoms with Gasteiger partial charge in [0.2, 0.25) is 15.9 Å². The van der Waals surface area contributed by atoms with Gasteiger partial charge in [-0.2, -0.15) is 0 Å². The summed E-state index contributed by atoms with van der Waals surface area (Å²) in [6.45, 7) is 1.29. The fraction of sp³-hybridized carbons (Fsp3) is 0.400. The molecule has 0 radical (unpaired) electrons. The van der Waals surface area contributed by atoms with Crippen molar-refractivity contribution in [2.45, 2.75) is 45.1 Å². The van der Waals surface area contributed by atoms with Gasteiger partial charge in [0.15, 0.2) is 0 Å². The Morgan fingerprint density at radius 3 is 2.47 bits per heavy atom. The zero-order valence-electron chi connectivity index (χ0n) is 18.6. The van der Waals surface area contributed by atoms with E-state index in [1.165, 1.54) is 29.0 Å². The molecule has 1 N–H and O–H groups in total. The van der Waals surface area contributed by atoms with Crippen LogP contribution in [0.2, 0.25) is 0 Å². The van der Waals surface area contributed by atoms with E-state index in [1.54, 1.807) is 24.3 Å². The number of amides is 1. The Kier molecular flexibility index (Phi) is 8.73. The van der Waals surface area contributed by atoms with Gasteiger partial charge in [0.1, 0.15) is 12.4 Å². The molecule has 172 valence electrons. The van der Waals surface area contributed by atoms with E-state index in [4.69, 9.17) is 4.74 Å². The Morgan fingerprint density at radius 1 is 1.06 bits per heavy atom. The summed E-state index contributed by atoms with van der Waals surface area (Å²) in [5, 5.41) is 2.95. The second-order valence-electron chi connectivity index (χ2n) is 8.09. The topological polar surface area (TPSA) is 75.7 Å². The average Bonchev–Trinajstić information content (AvgIpc) is 2.80. The van der Waals surface area contributed by atoms with Gasteiger partial charge in [-0.15, -0.1) is 0 Å². The molecule has 2 aromatic carbocycles. The van der Waals surface area contributed by atoms with E-state index < -0.39 is 10.0 Å². The van der Waals surface area contributed by atoms with Crippen LogP contribution in [-0.2, 0) is 21.4 Å².